The van der Waals surface area contributed by atoms with Crippen molar-refractivity contribution in [1.29, 1.82) is 0 Å². The van der Waals surface area contributed by atoms with Crippen molar-refractivity contribution < 1.29 is 4.74 Å². The van der Waals surface area contributed by atoms with E-state index in [9.17, 15) is 0 Å². The Balaban J connectivity index is 2.67. The molecule has 1 aromatic rings. The molecule has 0 bridgehead atoms. The van der Waals surface area contributed by atoms with Crippen molar-refractivity contribution in [1.82, 2.24) is 5.32 Å². The van der Waals surface area contributed by atoms with E-state index in [0.717, 1.165) is 41.3 Å². The van der Waals surface area contributed by atoms with E-state index in [2.05, 4.69) is 60.2 Å². The van der Waals surface area contributed by atoms with Crippen LogP contribution in [0, 0.1) is 0 Å². The molecule has 1 rings (SSSR count). The second-order valence-corrected chi connectivity index (χ2v) is 6.71. The highest BCUT2D eigenvalue weighted by atomic mass is 79.9. The molecular weight excluding hydrogens is 322 g/mol. The Morgan fingerprint density at radius 1 is 1.37 bits per heavy atom. The summed E-state index contributed by atoms with van der Waals surface area (Å²) in [6, 6.07) is 6.60. The fraction of sp³-hybridized carbons (Fsp3) is 0.600. The van der Waals surface area contributed by atoms with E-state index in [1.807, 2.05) is 11.8 Å². The number of hydrogen-bond acceptors (Lipinski definition) is 3. The molecular formula is C15H24BrNOS. The molecule has 0 saturated heterocycles. The fourth-order valence-electron chi connectivity index (χ4n) is 1.82. The van der Waals surface area contributed by atoms with E-state index >= 15 is 0 Å². The summed E-state index contributed by atoms with van der Waals surface area (Å²) in [4.78, 5) is 0. The Hall–Kier alpha value is -0.190. The topological polar surface area (TPSA) is 21.3 Å². The minimum atomic E-state index is 0.321. The Labute approximate surface area is 129 Å². The second kappa shape index (κ2) is 9.67. The van der Waals surface area contributed by atoms with E-state index in [-0.39, 0.29) is 0 Å². The molecule has 0 aliphatic carbocycles. The molecule has 19 heavy (non-hydrogen) atoms. The van der Waals surface area contributed by atoms with Crippen molar-refractivity contribution >= 4 is 27.7 Å². The molecule has 1 N–H and O–H groups in total. The average Bonchev–Trinajstić information content (AvgIpc) is 2.41. The normalized spacial score (nSPS) is 12.4. The minimum absolute atomic E-state index is 0.321. The van der Waals surface area contributed by atoms with Gasteiger partial charge < -0.3 is 10.1 Å². The Morgan fingerprint density at radius 3 is 2.84 bits per heavy atom. The molecule has 0 aliphatic rings. The molecule has 0 saturated carbocycles. The van der Waals surface area contributed by atoms with E-state index in [1.165, 1.54) is 5.56 Å². The number of nitrogens with one attached hydrogen (secondary N) is 1. The van der Waals surface area contributed by atoms with Crippen molar-refractivity contribution in [2.75, 3.05) is 24.7 Å². The summed E-state index contributed by atoms with van der Waals surface area (Å²) in [6.45, 7) is 8.34. The van der Waals surface area contributed by atoms with Gasteiger partial charge in [-0.1, -0.05) is 35.8 Å². The van der Waals surface area contributed by atoms with Crippen molar-refractivity contribution in [2.45, 2.75) is 33.2 Å². The monoisotopic (exact) mass is 345 g/mol. The lowest BCUT2D eigenvalue weighted by molar-refractivity contribution is 0.335. The van der Waals surface area contributed by atoms with Crippen LogP contribution < -0.4 is 10.1 Å². The molecule has 0 amide bonds. The summed E-state index contributed by atoms with van der Waals surface area (Å²) in [5.41, 5.74) is 1.23. The highest BCUT2D eigenvalue weighted by Crippen LogP contribution is 2.28. The minimum Gasteiger partial charge on any atom is -0.492 e. The Bertz CT molecular complexity index is 373. The van der Waals surface area contributed by atoms with Crippen LogP contribution >= 0.6 is 27.7 Å². The third kappa shape index (κ3) is 6.19. The van der Waals surface area contributed by atoms with Crippen LogP contribution in [0.25, 0.3) is 0 Å². The molecule has 1 unspecified atom stereocenters. The molecule has 108 valence electrons. The predicted molar refractivity (Wildman–Crippen MR) is 89.3 cm³/mol. The van der Waals surface area contributed by atoms with E-state index in [1.54, 1.807) is 0 Å². The highest BCUT2D eigenvalue weighted by Gasteiger charge is 2.11. The molecule has 0 radical (unpaired) electrons. The fourth-order valence-corrected chi connectivity index (χ4v) is 2.65. The molecule has 0 heterocycles. The lowest BCUT2D eigenvalue weighted by Crippen LogP contribution is -2.20. The summed E-state index contributed by atoms with van der Waals surface area (Å²) in [7, 11) is 0. The van der Waals surface area contributed by atoms with Crippen molar-refractivity contribution in [2.24, 2.45) is 0 Å². The van der Waals surface area contributed by atoms with Crippen LogP contribution in [0.2, 0.25) is 0 Å². The van der Waals surface area contributed by atoms with Gasteiger partial charge in [0.25, 0.3) is 0 Å². The first-order chi connectivity index (χ1) is 9.19. The molecule has 0 fully saturated rings. The van der Waals surface area contributed by atoms with Gasteiger partial charge in [-0.15, -0.1) is 0 Å². The number of ether oxygens (including phenoxy) is 1. The van der Waals surface area contributed by atoms with Gasteiger partial charge in [-0.2, -0.15) is 11.8 Å². The van der Waals surface area contributed by atoms with Crippen molar-refractivity contribution in [3.8, 4) is 5.75 Å². The van der Waals surface area contributed by atoms with Gasteiger partial charge in [-0.3, -0.25) is 0 Å². The summed E-state index contributed by atoms with van der Waals surface area (Å²) in [6.07, 6.45) is 1.14. The Kier molecular flexibility index (Phi) is 8.58. The number of hydrogen-bond donors (Lipinski definition) is 1. The van der Waals surface area contributed by atoms with Crippen LogP contribution in [0.4, 0.5) is 0 Å². The Morgan fingerprint density at radius 2 is 2.16 bits per heavy atom. The van der Waals surface area contributed by atoms with Gasteiger partial charge in [-0.05, 0) is 37.8 Å². The zero-order chi connectivity index (χ0) is 14.1. The number of benzene rings is 1. The molecule has 0 spiro atoms. The second-order valence-electron chi connectivity index (χ2n) is 4.40. The largest absolute Gasteiger partial charge is 0.492 e. The first-order valence-corrected chi connectivity index (χ1v) is 8.87. The summed E-state index contributed by atoms with van der Waals surface area (Å²) < 4.78 is 7.00. The molecule has 0 aromatic heterocycles. The molecule has 4 heteroatoms. The van der Waals surface area contributed by atoms with E-state index in [4.69, 9.17) is 4.74 Å². The number of thioether (sulfide) groups is 1. The summed E-state index contributed by atoms with van der Waals surface area (Å²) in [5.74, 6) is 3.17. The third-order valence-corrected chi connectivity index (χ3v) is 4.19. The van der Waals surface area contributed by atoms with Gasteiger partial charge in [0.05, 0.1) is 6.61 Å². The SMILES string of the molecule is CCCNC(C)c1ccc(Br)cc1OCCSCC. The van der Waals surface area contributed by atoms with Gasteiger partial charge in [0, 0.05) is 21.8 Å². The maximum atomic E-state index is 5.93. The lowest BCUT2D eigenvalue weighted by atomic mass is 10.1. The lowest BCUT2D eigenvalue weighted by Gasteiger charge is -2.18. The first-order valence-electron chi connectivity index (χ1n) is 6.92. The van der Waals surface area contributed by atoms with Gasteiger partial charge in [0.15, 0.2) is 0 Å². The van der Waals surface area contributed by atoms with Crippen molar-refractivity contribution in [3.63, 3.8) is 0 Å². The summed E-state index contributed by atoms with van der Waals surface area (Å²) in [5, 5.41) is 3.51. The molecule has 1 atom stereocenters. The quantitative estimate of drug-likeness (QED) is 0.658. The average molecular weight is 346 g/mol. The predicted octanol–water partition coefficient (Wildman–Crippen LogP) is 4.64. The standard InChI is InChI=1S/C15H24BrNOS/c1-4-8-17-12(3)14-7-6-13(16)11-15(14)18-9-10-19-5-2/h6-7,11-12,17H,4-5,8-10H2,1-3H3. The highest BCUT2D eigenvalue weighted by molar-refractivity contribution is 9.10. The van der Waals surface area contributed by atoms with Crippen LogP contribution in [-0.4, -0.2) is 24.7 Å². The maximum absolute atomic E-state index is 5.93. The zero-order valence-electron chi connectivity index (χ0n) is 12.0. The summed E-state index contributed by atoms with van der Waals surface area (Å²) >= 11 is 5.42. The zero-order valence-corrected chi connectivity index (χ0v) is 14.4. The smallest absolute Gasteiger partial charge is 0.125 e. The molecule has 0 aliphatic heterocycles. The van der Waals surface area contributed by atoms with Gasteiger partial charge >= 0.3 is 0 Å². The van der Waals surface area contributed by atoms with E-state index in [0.29, 0.717) is 6.04 Å². The van der Waals surface area contributed by atoms with Crippen LogP contribution in [0.15, 0.2) is 22.7 Å². The van der Waals surface area contributed by atoms with Gasteiger partial charge in [0.1, 0.15) is 5.75 Å². The molecule has 1 aromatic carbocycles. The third-order valence-electron chi connectivity index (χ3n) is 2.83. The molecule has 2 nitrogen and oxygen atoms in total. The number of rotatable bonds is 9. The van der Waals surface area contributed by atoms with Crippen molar-refractivity contribution in [3.05, 3.63) is 28.2 Å². The first kappa shape index (κ1) is 16.9. The van der Waals surface area contributed by atoms with Gasteiger partial charge in [0.2, 0.25) is 0 Å². The maximum Gasteiger partial charge on any atom is 0.125 e. The van der Waals surface area contributed by atoms with Crippen LogP contribution in [0.5, 0.6) is 5.75 Å². The van der Waals surface area contributed by atoms with Gasteiger partial charge in [-0.25, -0.2) is 0 Å². The van der Waals surface area contributed by atoms with Crippen LogP contribution in [-0.2, 0) is 0 Å². The van der Waals surface area contributed by atoms with E-state index < -0.39 is 0 Å². The van der Waals surface area contributed by atoms with Crippen LogP contribution in [0.3, 0.4) is 0 Å². The van der Waals surface area contributed by atoms with Crippen LogP contribution in [0.1, 0.15) is 38.8 Å². The number of halogens is 1.